The fraction of sp³-hybridized carbons (Fsp3) is 0.375. The minimum absolute atomic E-state index is 0.180. The van der Waals surface area contributed by atoms with Crippen molar-refractivity contribution >= 4 is 22.7 Å². The number of hydrogen-bond acceptors (Lipinski definition) is 5. The van der Waals surface area contributed by atoms with E-state index in [0.717, 1.165) is 23.7 Å². The smallest absolute Gasteiger partial charge is 0.346 e. The lowest BCUT2D eigenvalue weighted by molar-refractivity contribution is -0.106. The Morgan fingerprint density at radius 1 is 1.32 bits per heavy atom. The van der Waals surface area contributed by atoms with Crippen molar-refractivity contribution in [1.82, 2.24) is 15.3 Å². The fourth-order valence-electron chi connectivity index (χ4n) is 3.21. The molecule has 0 radical (unpaired) electrons. The van der Waals surface area contributed by atoms with Crippen LogP contribution in [0.15, 0.2) is 41.3 Å². The third-order valence-electron chi connectivity index (χ3n) is 4.78. The van der Waals surface area contributed by atoms with E-state index in [1.54, 1.807) is 12.4 Å². The lowest BCUT2D eigenvalue weighted by Gasteiger charge is -2.43. The van der Waals surface area contributed by atoms with Crippen molar-refractivity contribution in [3.8, 4) is 0 Å². The Bertz CT molecular complexity index is 864. The maximum Gasteiger partial charge on any atom is 0.417 e. The molecular weight excluding hydrogens is 333 g/mol. The maximum absolute atomic E-state index is 13.4. The molecule has 1 atom stereocenters. The molecule has 0 bridgehead atoms. The maximum atomic E-state index is 13.4. The van der Waals surface area contributed by atoms with Gasteiger partial charge in [-0.1, -0.05) is 6.42 Å². The number of anilines is 1. The Labute approximate surface area is 141 Å². The molecule has 9 heteroatoms. The number of rotatable bonds is 2. The van der Waals surface area contributed by atoms with Crippen LogP contribution in [0.2, 0.25) is 0 Å². The van der Waals surface area contributed by atoms with E-state index in [2.05, 4.69) is 25.6 Å². The van der Waals surface area contributed by atoms with E-state index in [0.29, 0.717) is 18.5 Å². The molecule has 2 aromatic rings. The highest BCUT2D eigenvalue weighted by Gasteiger charge is 2.53. The average Bonchev–Trinajstić information content (AvgIpc) is 2.91. The van der Waals surface area contributed by atoms with Crippen LogP contribution in [0.25, 0.3) is 11.0 Å². The third kappa shape index (κ3) is 2.74. The van der Waals surface area contributed by atoms with Crippen LogP contribution in [0.3, 0.4) is 0 Å². The molecule has 1 unspecified atom stereocenters. The van der Waals surface area contributed by atoms with Crippen LogP contribution < -0.4 is 16.4 Å². The zero-order chi connectivity index (χ0) is 17.7. The van der Waals surface area contributed by atoms with Gasteiger partial charge in [0.05, 0.1) is 17.5 Å². The number of aromatic amines is 1. The van der Waals surface area contributed by atoms with Gasteiger partial charge in [0, 0.05) is 23.7 Å². The number of nitrogens with two attached hydrogens (primary N) is 1. The van der Waals surface area contributed by atoms with Crippen LogP contribution in [-0.4, -0.2) is 27.8 Å². The summed E-state index contributed by atoms with van der Waals surface area (Å²) in [5.41, 5.74) is 4.87. The number of halogens is 3. The first-order valence-electron chi connectivity index (χ1n) is 7.99. The van der Waals surface area contributed by atoms with Crippen LogP contribution in [0, 0.1) is 5.92 Å². The normalized spacial score (nSPS) is 24.3. The second-order valence-corrected chi connectivity index (χ2v) is 6.38. The second-order valence-electron chi connectivity index (χ2n) is 6.38. The largest absolute Gasteiger partial charge is 0.417 e. The molecule has 1 aliphatic heterocycles. The lowest BCUT2D eigenvalue weighted by atomic mass is 9.72. The van der Waals surface area contributed by atoms with Gasteiger partial charge in [-0.25, -0.2) is 9.98 Å². The summed E-state index contributed by atoms with van der Waals surface area (Å²) in [6, 6.07) is 3.68. The molecule has 2 aromatic heterocycles. The van der Waals surface area contributed by atoms with Gasteiger partial charge < -0.3 is 21.4 Å². The molecule has 6 nitrogen and oxygen atoms in total. The molecule has 25 heavy (non-hydrogen) atoms. The predicted molar refractivity (Wildman–Crippen MR) is 88.7 cm³/mol. The molecule has 1 saturated carbocycles. The molecule has 0 amide bonds. The number of fused-ring (bicyclic) bond motifs is 1. The van der Waals surface area contributed by atoms with Crippen molar-refractivity contribution in [2.75, 3.05) is 5.32 Å². The number of pyridine rings is 1. The number of aliphatic imine (C=N–C) groups is 1. The van der Waals surface area contributed by atoms with Gasteiger partial charge in [-0.3, -0.25) is 0 Å². The predicted octanol–water partition coefficient (Wildman–Crippen LogP) is 2.84. The standard InChI is InChI=1S/C16H17F3N6/c17-16(18,19)12-8-23-14(25-15(12,20)10-2-1-3-10)24-11-6-9-4-5-21-13(9)22-7-11/h4-8,10H,1-3,20H2,(H,21,22)(H2,23,24,25). The zero-order valence-corrected chi connectivity index (χ0v) is 13.2. The Kier molecular flexibility index (Phi) is 3.50. The molecule has 2 aliphatic rings. The first-order valence-corrected chi connectivity index (χ1v) is 7.99. The summed E-state index contributed by atoms with van der Waals surface area (Å²) >= 11 is 0. The highest BCUT2D eigenvalue weighted by Crippen LogP contribution is 2.45. The quantitative estimate of drug-likeness (QED) is 0.670. The first kappa shape index (κ1) is 15.9. The first-order chi connectivity index (χ1) is 11.9. The summed E-state index contributed by atoms with van der Waals surface area (Å²) in [6.07, 6.45) is 1.86. The SMILES string of the molecule is NC1(C2CCC2)N=C(Nc2cnc3[nH]ccc3c2)NC=C1C(F)(F)F. The highest BCUT2D eigenvalue weighted by molar-refractivity contribution is 5.96. The molecule has 0 saturated heterocycles. The molecule has 0 spiro atoms. The number of guanidine groups is 1. The van der Waals surface area contributed by atoms with Crippen molar-refractivity contribution in [3.05, 3.63) is 36.3 Å². The van der Waals surface area contributed by atoms with Gasteiger partial charge in [-0.05, 0) is 25.0 Å². The molecule has 1 aliphatic carbocycles. The monoisotopic (exact) mass is 350 g/mol. The number of alkyl halides is 3. The van der Waals surface area contributed by atoms with Gasteiger partial charge in [0.2, 0.25) is 5.96 Å². The third-order valence-corrected chi connectivity index (χ3v) is 4.78. The molecule has 132 valence electrons. The molecule has 1 fully saturated rings. The zero-order valence-electron chi connectivity index (χ0n) is 13.2. The number of H-pyrrole nitrogens is 1. The van der Waals surface area contributed by atoms with Gasteiger partial charge in [-0.15, -0.1) is 0 Å². The van der Waals surface area contributed by atoms with Gasteiger partial charge in [0.25, 0.3) is 0 Å². The van der Waals surface area contributed by atoms with Crippen LogP contribution >= 0.6 is 0 Å². The summed E-state index contributed by atoms with van der Waals surface area (Å²) in [7, 11) is 0. The van der Waals surface area contributed by atoms with E-state index in [4.69, 9.17) is 5.73 Å². The number of nitrogens with zero attached hydrogens (tertiary/aromatic N) is 2. The molecule has 4 rings (SSSR count). The number of aromatic nitrogens is 2. The molecule has 5 N–H and O–H groups in total. The van der Waals surface area contributed by atoms with Crippen LogP contribution in [0.1, 0.15) is 19.3 Å². The van der Waals surface area contributed by atoms with Gasteiger partial charge in [-0.2, -0.15) is 13.2 Å². The van der Waals surface area contributed by atoms with Gasteiger partial charge in [0.15, 0.2) is 0 Å². The Balaban J connectivity index is 1.64. The minimum Gasteiger partial charge on any atom is -0.346 e. The Morgan fingerprint density at radius 3 is 2.80 bits per heavy atom. The van der Waals surface area contributed by atoms with E-state index in [1.165, 1.54) is 0 Å². The van der Waals surface area contributed by atoms with E-state index in [9.17, 15) is 13.2 Å². The van der Waals surface area contributed by atoms with Crippen molar-refractivity contribution in [2.24, 2.45) is 16.6 Å². The highest BCUT2D eigenvalue weighted by atomic mass is 19.4. The summed E-state index contributed by atoms with van der Waals surface area (Å²) in [5, 5.41) is 6.41. The van der Waals surface area contributed by atoms with Crippen molar-refractivity contribution in [2.45, 2.75) is 31.1 Å². The summed E-state index contributed by atoms with van der Waals surface area (Å²) in [4.78, 5) is 11.4. The van der Waals surface area contributed by atoms with Gasteiger partial charge >= 0.3 is 6.18 Å². The topological polar surface area (TPSA) is 91.1 Å². The summed E-state index contributed by atoms with van der Waals surface area (Å²) < 4.78 is 40.1. The van der Waals surface area contributed by atoms with Crippen molar-refractivity contribution in [3.63, 3.8) is 0 Å². The summed E-state index contributed by atoms with van der Waals surface area (Å²) in [6.45, 7) is 0. The summed E-state index contributed by atoms with van der Waals surface area (Å²) in [5.74, 6) is -0.136. The second kappa shape index (κ2) is 5.48. The van der Waals surface area contributed by atoms with Crippen molar-refractivity contribution in [1.29, 1.82) is 0 Å². The van der Waals surface area contributed by atoms with E-state index in [-0.39, 0.29) is 11.9 Å². The molecule has 0 aromatic carbocycles. The van der Waals surface area contributed by atoms with E-state index < -0.39 is 17.4 Å². The Hall–Kier alpha value is -2.55. The number of hydrogen-bond donors (Lipinski definition) is 4. The fourth-order valence-corrected chi connectivity index (χ4v) is 3.21. The van der Waals surface area contributed by atoms with Crippen LogP contribution in [-0.2, 0) is 0 Å². The molecule has 3 heterocycles. The average molecular weight is 350 g/mol. The molecular formula is C16H17F3N6. The van der Waals surface area contributed by atoms with Gasteiger partial charge in [0.1, 0.15) is 11.3 Å². The van der Waals surface area contributed by atoms with E-state index in [1.807, 2.05) is 12.1 Å². The minimum atomic E-state index is -4.53. The lowest BCUT2D eigenvalue weighted by Crippen LogP contribution is -2.57. The number of nitrogens with one attached hydrogen (secondary N) is 3. The van der Waals surface area contributed by atoms with Crippen LogP contribution in [0.4, 0.5) is 18.9 Å². The van der Waals surface area contributed by atoms with E-state index >= 15 is 0 Å². The Morgan fingerprint density at radius 2 is 2.12 bits per heavy atom. The van der Waals surface area contributed by atoms with Crippen LogP contribution in [0.5, 0.6) is 0 Å². The van der Waals surface area contributed by atoms with Crippen molar-refractivity contribution < 1.29 is 13.2 Å².